The van der Waals surface area contributed by atoms with E-state index in [-0.39, 0.29) is 4.90 Å². The number of hydrogen-bond acceptors (Lipinski definition) is 4. The predicted octanol–water partition coefficient (Wildman–Crippen LogP) is 3.86. The summed E-state index contributed by atoms with van der Waals surface area (Å²) < 4.78 is 44.1. The van der Waals surface area contributed by atoms with E-state index in [1.807, 2.05) is 46.9 Å². The van der Waals surface area contributed by atoms with Crippen LogP contribution in [0.1, 0.15) is 0 Å². The third kappa shape index (κ3) is 2.52. The van der Waals surface area contributed by atoms with Gasteiger partial charge >= 0.3 is 0 Å². The third-order valence-corrected chi connectivity index (χ3v) is 6.06. The Balaban J connectivity index is 2.64. The Morgan fingerprint density at radius 2 is 1.48 bits per heavy atom. The molecule has 23 heavy (non-hydrogen) atoms. The Hall–Kier alpha value is -1.58. The van der Waals surface area contributed by atoms with Crippen molar-refractivity contribution in [3.05, 3.63) is 40.0 Å². The van der Waals surface area contributed by atoms with Gasteiger partial charge in [0.15, 0.2) is 0 Å². The summed E-state index contributed by atoms with van der Waals surface area (Å²) >= 11 is 1.90. The summed E-state index contributed by atoms with van der Waals surface area (Å²) in [5.74, 6) is 1.18. The number of ether oxygens (including phenoxy) is 2. The summed E-state index contributed by atoms with van der Waals surface area (Å²) in [5.41, 5.74) is 0. The van der Waals surface area contributed by atoms with E-state index in [0.29, 0.717) is 20.5 Å². The van der Waals surface area contributed by atoms with Gasteiger partial charge in [0.1, 0.15) is 16.4 Å². The minimum Gasteiger partial charge on any atom is -0.495 e. The largest absolute Gasteiger partial charge is 0.495 e. The first-order chi connectivity index (χ1) is 10.9. The second-order valence-corrected chi connectivity index (χ2v) is 7.36. The number of halogens is 1. The molecule has 1 N–H and O–H groups in total. The molecule has 0 amide bonds. The molecule has 0 spiro atoms. The van der Waals surface area contributed by atoms with Crippen molar-refractivity contribution in [2.75, 3.05) is 14.2 Å². The van der Waals surface area contributed by atoms with Gasteiger partial charge in [-0.3, -0.25) is 4.55 Å². The van der Waals surface area contributed by atoms with Crippen molar-refractivity contribution in [3.8, 4) is 11.5 Å². The van der Waals surface area contributed by atoms with E-state index < -0.39 is 10.1 Å². The van der Waals surface area contributed by atoms with Crippen LogP contribution in [0.25, 0.3) is 21.5 Å². The highest BCUT2D eigenvalue weighted by atomic mass is 127. The van der Waals surface area contributed by atoms with Crippen LogP contribution in [0.15, 0.2) is 41.3 Å². The molecule has 7 heteroatoms. The van der Waals surface area contributed by atoms with Gasteiger partial charge in [-0.05, 0) is 34.7 Å². The second kappa shape index (κ2) is 5.81. The van der Waals surface area contributed by atoms with Crippen LogP contribution in [-0.4, -0.2) is 27.2 Å². The minimum atomic E-state index is -4.33. The number of methoxy groups -OCH3 is 2. The highest BCUT2D eigenvalue weighted by molar-refractivity contribution is 14.1. The van der Waals surface area contributed by atoms with E-state index in [2.05, 4.69) is 0 Å². The van der Waals surface area contributed by atoms with E-state index >= 15 is 0 Å². The molecule has 3 aromatic rings. The fourth-order valence-electron chi connectivity index (χ4n) is 2.76. The lowest BCUT2D eigenvalue weighted by atomic mass is 10.0. The maximum absolute atomic E-state index is 11.6. The van der Waals surface area contributed by atoms with E-state index in [9.17, 15) is 13.0 Å². The van der Waals surface area contributed by atoms with Gasteiger partial charge < -0.3 is 9.47 Å². The number of fused-ring (bicyclic) bond motifs is 2. The lowest BCUT2D eigenvalue weighted by Gasteiger charge is -2.17. The van der Waals surface area contributed by atoms with Crippen LogP contribution < -0.4 is 9.47 Å². The molecule has 0 heterocycles. The van der Waals surface area contributed by atoms with Crippen LogP contribution >= 0.6 is 22.6 Å². The molecule has 3 aromatic carbocycles. The zero-order valence-electron chi connectivity index (χ0n) is 12.3. The molecule has 0 radical (unpaired) electrons. The molecule has 0 saturated carbocycles. The van der Waals surface area contributed by atoms with Gasteiger partial charge in [-0.1, -0.05) is 24.3 Å². The van der Waals surface area contributed by atoms with Crippen LogP contribution in [0.3, 0.4) is 0 Å². The predicted molar refractivity (Wildman–Crippen MR) is 97.1 cm³/mol. The van der Waals surface area contributed by atoms with Crippen molar-refractivity contribution >= 4 is 54.3 Å². The molecule has 0 aliphatic rings. The summed E-state index contributed by atoms with van der Waals surface area (Å²) in [6, 6.07) is 10.6. The third-order valence-electron chi connectivity index (χ3n) is 3.68. The van der Waals surface area contributed by atoms with Crippen LogP contribution in [0.4, 0.5) is 0 Å². The van der Waals surface area contributed by atoms with Crippen molar-refractivity contribution in [2.45, 2.75) is 4.90 Å². The SMILES string of the molecule is COc1c2ccccc2c(OC)c2c(I)c(S(=O)(=O)O)ccc12. The molecule has 0 aliphatic carbocycles. The molecular weight excluding hydrogens is 431 g/mol. The first-order valence-electron chi connectivity index (χ1n) is 6.62. The molecule has 0 aliphatic heterocycles. The molecular formula is C16H13IO5S. The zero-order chi connectivity index (χ0) is 16.8. The average Bonchev–Trinajstić information content (AvgIpc) is 2.51. The Morgan fingerprint density at radius 1 is 0.913 bits per heavy atom. The summed E-state index contributed by atoms with van der Waals surface area (Å²) in [7, 11) is -1.23. The lowest BCUT2D eigenvalue weighted by molar-refractivity contribution is 0.417. The van der Waals surface area contributed by atoms with E-state index in [4.69, 9.17) is 9.47 Å². The highest BCUT2D eigenvalue weighted by Crippen LogP contribution is 2.45. The quantitative estimate of drug-likeness (QED) is 0.378. The van der Waals surface area contributed by atoms with Gasteiger partial charge in [0, 0.05) is 25.1 Å². The number of rotatable bonds is 3. The van der Waals surface area contributed by atoms with Crippen LogP contribution in [0.2, 0.25) is 0 Å². The van der Waals surface area contributed by atoms with E-state index in [1.54, 1.807) is 13.2 Å². The summed E-state index contributed by atoms with van der Waals surface area (Å²) in [5, 5.41) is 3.00. The first-order valence-corrected chi connectivity index (χ1v) is 9.14. The van der Waals surface area contributed by atoms with Crippen LogP contribution in [-0.2, 0) is 10.1 Å². The maximum Gasteiger partial charge on any atom is 0.295 e. The number of hydrogen-bond donors (Lipinski definition) is 1. The molecule has 0 fully saturated rings. The minimum absolute atomic E-state index is 0.152. The summed E-state index contributed by atoms with van der Waals surface area (Å²) in [4.78, 5) is -0.152. The topological polar surface area (TPSA) is 72.8 Å². The molecule has 0 bridgehead atoms. The zero-order valence-corrected chi connectivity index (χ0v) is 15.3. The molecule has 0 atom stereocenters. The Morgan fingerprint density at radius 3 is 2.00 bits per heavy atom. The van der Waals surface area contributed by atoms with Crippen molar-refractivity contribution in [3.63, 3.8) is 0 Å². The van der Waals surface area contributed by atoms with Crippen LogP contribution in [0, 0.1) is 3.57 Å². The molecule has 0 unspecified atom stereocenters. The Labute approximate surface area is 147 Å². The van der Waals surface area contributed by atoms with Gasteiger partial charge in [0.2, 0.25) is 0 Å². The molecule has 0 aromatic heterocycles. The van der Waals surface area contributed by atoms with Crippen molar-refractivity contribution in [1.29, 1.82) is 0 Å². The second-order valence-electron chi connectivity index (χ2n) is 4.89. The average molecular weight is 444 g/mol. The van der Waals surface area contributed by atoms with Gasteiger partial charge in [-0.25, -0.2) is 0 Å². The maximum atomic E-state index is 11.6. The smallest absolute Gasteiger partial charge is 0.295 e. The molecule has 3 rings (SSSR count). The van der Waals surface area contributed by atoms with Crippen molar-refractivity contribution in [2.24, 2.45) is 0 Å². The summed E-state index contributed by atoms with van der Waals surface area (Å²) in [6.07, 6.45) is 0. The lowest BCUT2D eigenvalue weighted by Crippen LogP contribution is -2.03. The Bertz CT molecular complexity index is 1030. The monoisotopic (exact) mass is 444 g/mol. The fourth-order valence-corrected chi connectivity index (χ4v) is 4.88. The normalized spacial score (nSPS) is 11.8. The fraction of sp³-hybridized carbons (Fsp3) is 0.125. The van der Waals surface area contributed by atoms with Gasteiger partial charge in [-0.2, -0.15) is 8.42 Å². The van der Waals surface area contributed by atoms with E-state index in [0.717, 1.165) is 16.2 Å². The van der Waals surface area contributed by atoms with Crippen molar-refractivity contribution in [1.82, 2.24) is 0 Å². The Kier molecular flexibility index (Phi) is 4.11. The van der Waals surface area contributed by atoms with Crippen LogP contribution in [0.5, 0.6) is 11.5 Å². The van der Waals surface area contributed by atoms with Gasteiger partial charge in [0.25, 0.3) is 10.1 Å². The standard InChI is InChI=1S/C16H13IO5S/c1-21-15-9-5-3-4-6-10(9)16(22-2)13-11(15)7-8-12(14(13)17)23(18,19)20/h3-8H,1-2H3,(H,18,19,20). The molecule has 0 saturated heterocycles. The molecule has 5 nitrogen and oxygen atoms in total. The van der Waals surface area contributed by atoms with Gasteiger partial charge in [0.05, 0.1) is 14.2 Å². The van der Waals surface area contributed by atoms with Gasteiger partial charge in [-0.15, -0.1) is 0 Å². The number of benzene rings is 3. The molecule has 120 valence electrons. The van der Waals surface area contributed by atoms with Crippen molar-refractivity contribution < 1.29 is 22.4 Å². The highest BCUT2D eigenvalue weighted by Gasteiger charge is 2.22. The van der Waals surface area contributed by atoms with E-state index in [1.165, 1.54) is 13.2 Å². The summed E-state index contributed by atoms with van der Waals surface area (Å²) in [6.45, 7) is 0. The first kappa shape index (κ1) is 16.3.